The zero-order valence-corrected chi connectivity index (χ0v) is 19.3. The van der Waals surface area contributed by atoms with Gasteiger partial charge in [0.1, 0.15) is 23.2 Å². The topological polar surface area (TPSA) is 124 Å². The van der Waals surface area contributed by atoms with E-state index >= 15 is 0 Å². The number of nitrogens with one attached hydrogen (secondary N) is 3. The second-order valence-corrected chi connectivity index (χ2v) is 7.96. The number of nitrogens with zero attached hydrogens (tertiary/aromatic N) is 1. The van der Waals surface area contributed by atoms with Gasteiger partial charge in [-0.1, -0.05) is 40.9 Å². The number of hydrogen-bond donors (Lipinski definition) is 3. The van der Waals surface area contributed by atoms with Crippen LogP contribution in [0.3, 0.4) is 0 Å². The summed E-state index contributed by atoms with van der Waals surface area (Å²) in [5, 5.41) is 17.4. The minimum atomic E-state index is -0.912. The number of hydrogen-bond acceptors (Lipinski definition) is 5. The van der Waals surface area contributed by atoms with Crippen LogP contribution in [0.2, 0.25) is 10.0 Å². The summed E-state index contributed by atoms with van der Waals surface area (Å²) in [7, 11) is 0. The van der Waals surface area contributed by atoms with Crippen molar-refractivity contribution in [2.45, 2.75) is 13.5 Å². The molecule has 1 aromatic heterocycles. The molecule has 0 spiro atoms. The van der Waals surface area contributed by atoms with Crippen molar-refractivity contribution in [2.75, 3.05) is 10.6 Å². The van der Waals surface area contributed by atoms with Gasteiger partial charge < -0.3 is 20.4 Å². The summed E-state index contributed by atoms with van der Waals surface area (Å²) in [6, 6.07) is 16.4. The van der Waals surface area contributed by atoms with E-state index in [0.717, 1.165) is 5.56 Å². The third-order valence-corrected chi connectivity index (χ3v) is 4.83. The molecule has 3 aromatic rings. The highest BCUT2D eigenvalue weighted by Gasteiger charge is 2.15. The van der Waals surface area contributed by atoms with Crippen molar-refractivity contribution in [1.29, 1.82) is 5.26 Å². The Morgan fingerprint density at radius 1 is 0.912 bits per heavy atom. The lowest BCUT2D eigenvalue weighted by Gasteiger charge is -2.06. The second-order valence-electron chi connectivity index (χ2n) is 7.09. The minimum Gasteiger partial charge on any atom is -0.460 e. The van der Waals surface area contributed by atoms with Crippen LogP contribution >= 0.6 is 23.2 Å². The van der Waals surface area contributed by atoms with Gasteiger partial charge in [-0.3, -0.25) is 14.4 Å². The van der Waals surface area contributed by atoms with E-state index in [4.69, 9.17) is 27.6 Å². The molecule has 8 nitrogen and oxygen atoms in total. The lowest BCUT2D eigenvalue weighted by atomic mass is 10.2. The van der Waals surface area contributed by atoms with Crippen LogP contribution in [0, 0.1) is 18.3 Å². The van der Waals surface area contributed by atoms with Crippen LogP contribution < -0.4 is 16.0 Å². The molecule has 0 radical (unpaired) electrons. The summed E-state index contributed by atoms with van der Waals surface area (Å²) in [6.45, 7) is 1.83. The Bertz CT molecular complexity index is 1290. The van der Waals surface area contributed by atoms with Crippen LogP contribution in [0.5, 0.6) is 0 Å². The van der Waals surface area contributed by atoms with Crippen molar-refractivity contribution in [3.63, 3.8) is 0 Å². The fourth-order valence-electron chi connectivity index (χ4n) is 2.75. The van der Waals surface area contributed by atoms with E-state index in [9.17, 15) is 19.6 Å². The van der Waals surface area contributed by atoms with E-state index in [1.165, 1.54) is 30.3 Å². The van der Waals surface area contributed by atoms with Crippen molar-refractivity contribution < 1.29 is 18.8 Å². The van der Waals surface area contributed by atoms with Crippen molar-refractivity contribution >= 4 is 58.4 Å². The van der Waals surface area contributed by atoms with Crippen molar-refractivity contribution in [1.82, 2.24) is 5.32 Å². The van der Waals surface area contributed by atoms with Crippen LogP contribution in [0.4, 0.5) is 11.4 Å². The highest BCUT2D eigenvalue weighted by Crippen LogP contribution is 2.22. The maximum atomic E-state index is 12.4. The second kappa shape index (κ2) is 11.2. The number of amides is 3. The molecular weight excluding hydrogens is 479 g/mol. The fourth-order valence-corrected chi connectivity index (χ4v) is 3.28. The average Bonchev–Trinajstić information content (AvgIpc) is 3.24. The molecule has 3 rings (SSSR count). The molecule has 0 aliphatic rings. The van der Waals surface area contributed by atoms with E-state index < -0.39 is 17.7 Å². The Hall–Kier alpha value is -4.06. The maximum absolute atomic E-state index is 12.4. The number of carbonyl (C=O) groups excluding carboxylic acids is 3. The normalized spacial score (nSPS) is 10.8. The van der Waals surface area contributed by atoms with Crippen molar-refractivity contribution in [2.24, 2.45) is 0 Å². The summed E-state index contributed by atoms with van der Waals surface area (Å²) < 4.78 is 5.52. The van der Waals surface area contributed by atoms with Crippen LogP contribution in [-0.2, 0) is 20.9 Å². The molecule has 3 amide bonds. The van der Waals surface area contributed by atoms with Crippen LogP contribution in [0.1, 0.15) is 17.1 Å². The lowest BCUT2D eigenvalue weighted by molar-refractivity contribution is -0.136. The summed E-state index contributed by atoms with van der Waals surface area (Å²) >= 11 is 11.7. The van der Waals surface area contributed by atoms with Crippen LogP contribution in [0.15, 0.2) is 64.6 Å². The van der Waals surface area contributed by atoms with Gasteiger partial charge in [0.2, 0.25) is 0 Å². The van der Waals surface area contributed by atoms with Crippen LogP contribution in [0.25, 0.3) is 6.08 Å². The third-order valence-electron chi connectivity index (χ3n) is 4.39. The molecule has 0 atom stereocenters. The number of anilines is 2. The van der Waals surface area contributed by atoms with E-state index in [1.54, 1.807) is 18.2 Å². The SMILES string of the molecule is Cc1ccc(NC(=O)/C(C#N)=C\c2ccc(CNC(=O)C(=O)Nc3cc(Cl)cc(Cl)c3)o2)cc1. The Labute approximate surface area is 205 Å². The predicted octanol–water partition coefficient (Wildman–Crippen LogP) is 4.70. The standard InChI is InChI=1S/C24H18Cl2N4O4/c1-14-2-4-18(5-3-14)29-22(31)15(12-27)8-20-6-7-21(34-20)13-28-23(32)24(33)30-19-10-16(25)9-17(26)11-19/h2-11H,13H2,1H3,(H,28,32)(H,29,31)(H,30,33)/b15-8-. The first-order chi connectivity index (χ1) is 16.2. The molecular formula is C24H18Cl2N4O4. The quantitative estimate of drug-likeness (QED) is 0.259. The molecule has 0 aliphatic heterocycles. The molecule has 10 heteroatoms. The van der Waals surface area contributed by atoms with Crippen molar-refractivity contribution in [3.05, 3.63) is 87.3 Å². The Morgan fingerprint density at radius 3 is 2.21 bits per heavy atom. The number of nitriles is 1. The average molecular weight is 497 g/mol. The molecule has 0 unspecified atom stereocenters. The molecule has 34 heavy (non-hydrogen) atoms. The molecule has 3 N–H and O–H groups in total. The summed E-state index contributed by atoms with van der Waals surface area (Å²) in [5.41, 5.74) is 1.70. The van der Waals surface area contributed by atoms with Gasteiger partial charge in [-0.15, -0.1) is 0 Å². The number of benzene rings is 2. The zero-order chi connectivity index (χ0) is 24.7. The number of aryl methyl sites for hydroxylation is 1. The zero-order valence-electron chi connectivity index (χ0n) is 17.8. The first-order valence-electron chi connectivity index (χ1n) is 9.87. The summed E-state index contributed by atoms with van der Waals surface area (Å²) in [6.07, 6.45) is 1.28. The Kier molecular flexibility index (Phi) is 8.09. The van der Waals surface area contributed by atoms with E-state index in [2.05, 4.69) is 16.0 Å². The van der Waals surface area contributed by atoms with Crippen LogP contribution in [-0.4, -0.2) is 17.7 Å². The first-order valence-corrected chi connectivity index (χ1v) is 10.6. The molecule has 0 bridgehead atoms. The van der Waals surface area contributed by atoms with E-state index in [0.29, 0.717) is 21.5 Å². The van der Waals surface area contributed by atoms with Gasteiger partial charge >= 0.3 is 11.8 Å². The minimum absolute atomic E-state index is 0.0894. The largest absolute Gasteiger partial charge is 0.460 e. The van der Waals surface area contributed by atoms with Gasteiger partial charge in [0, 0.05) is 27.5 Å². The molecule has 172 valence electrons. The number of rotatable bonds is 6. The molecule has 2 aromatic carbocycles. The maximum Gasteiger partial charge on any atom is 0.313 e. The van der Waals surface area contributed by atoms with Crippen molar-refractivity contribution in [3.8, 4) is 6.07 Å². The summed E-state index contributed by atoms with van der Waals surface area (Å²) in [4.78, 5) is 36.5. The van der Waals surface area contributed by atoms with Gasteiger partial charge in [0.05, 0.1) is 6.54 Å². The predicted molar refractivity (Wildman–Crippen MR) is 129 cm³/mol. The van der Waals surface area contributed by atoms with Gasteiger partial charge in [-0.2, -0.15) is 5.26 Å². The number of furan rings is 1. The van der Waals surface area contributed by atoms with Gasteiger partial charge in [-0.25, -0.2) is 0 Å². The Morgan fingerprint density at radius 2 is 1.56 bits per heavy atom. The summed E-state index contributed by atoms with van der Waals surface area (Å²) in [5.74, 6) is -1.85. The lowest BCUT2D eigenvalue weighted by Crippen LogP contribution is -2.34. The van der Waals surface area contributed by atoms with E-state index in [1.807, 2.05) is 25.1 Å². The highest BCUT2D eigenvalue weighted by atomic mass is 35.5. The molecule has 0 fully saturated rings. The van der Waals surface area contributed by atoms with E-state index in [-0.39, 0.29) is 23.6 Å². The number of halogens is 2. The molecule has 0 aliphatic carbocycles. The molecule has 1 heterocycles. The van der Waals surface area contributed by atoms with Gasteiger partial charge in [-0.05, 0) is 49.4 Å². The molecule has 0 saturated heterocycles. The third kappa shape index (κ3) is 6.97. The van der Waals surface area contributed by atoms with Gasteiger partial charge in [0.25, 0.3) is 5.91 Å². The monoisotopic (exact) mass is 496 g/mol. The highest BCUT2D eigenvalue weighted by molar-refractivity contribution is 6.40. The molecule has 0 saturated carbocycles. The fraction of sp³-hybridized carbons (Fsp3) is 0.0833. The first kappa shape index (κ1) is 24.6. The smallest absolute Gasteiger partial charge is 0.313 e. The number of carbonyl (C=O) groups is 3. The Balaban J connectivity index is 1.57. The van der Waals surface area contributed by atoms with Gasteiger partial charge in [0.15, 0.2) is 0 Å².